The second kappa shape index (κ2) is 7.66. The molecule has 1 atom stereocenters. The van der Waals surface area contributed by atoms with Crippen molar-refractivity contribution in [1.29, 1.82) is 0 Å². The van der Waals surface area contributed by atoms with Gasteiger partial charge in [0.1, 0.15) is 5.82 Å². The van der Waals surface area contributed by atoms with Gasteiger partial charge in [0.2, 0.25) is 0 Å². The van der Waals surface area contributed by atoms with E-state index < -0.39 is 0 Å². The lowest BCUT2D eigenvalue weighted by Crippen LogP contribution is -2.23. The van der Waals surface area contributed by atoms with Crippen molar-refractivity contribution in [3.05, 3.63) is 49.5 Å². The van der Waals surface area contributed by atoms with Crippen molar-refractivity contribution in [2.45, 2.75) is 12.6 Å². The van der Waals surface area contributed by atoms with Gasteiger partial charge in [-0.1, -0.05) is 6.07 Å². The topological polar surface area (TPSA) is 39.1 Å². The number of methoxy groups -OCH3 is 1. The van der Waals surface area contributed by atoms with Crippen LogP contribution in [-0.4, -0.2) is 30.5 Å². The SMILES string of the molecule is CNC(c1ccc(F)cc1I)c1c(Br)cnn1CCOC. The Hall–Kier alpha value is -0.510. The van der Waals surface area contributed by atoms with Gasteiger partial charge in [-0.05, 0) is 63.3 Å². The Morgan fingerprint density at radius 1 is 1.52 bits per heavy atom. The van der Waals surface area contributed by atoms with Crippen LogP contribution in [0.5, 0.6) is 0 Å². The van der Waals surface area contributed by atoms with Crippen LogP contribution in [0.25, 0.3) is 0 Å². The Balaban J connectivity index is 2.43. The third kappa shape index (κ3) is 3.82. The molecule has 0 bridgehead atoms. The van der Waals surface area contributed by atoms with E-state index in [1.807, 2.05) is 11.7 Å². The normalized spacial score (nSPS) is 12.6. The standard InChI is InChI=1S/C14H16BrFIN3O/c1-18-13(10-4-3-9(16)7-12(10)17)14-11(15)8-19-20(14)5-6-21-2/h3-4,7-8,13,18H,5-6H2,1-2H3. The Morgan fingerprint density at radius 3 is 2.90 bits per heavy atom. The van der Waals surface area contributed by atoms with Crippen LogP contribution in [0, 0.1) is 9.39 Å². The van der Waals surface area contributed by atoms with Crippen LogP contribution in [0.3, 0.4) is 0 Å². The first-order valence-electron chi connectivity index (χ1n) is 6.40. The van der Waals surface area contributed by atoms with E-state index in [-0.39, 0.29) is 11.9 Å². The smallest absolute Gasteiger partial charge is 0.124 e. The number of rotatable bonds is 6. The zero-order chi connectivity index (χ0) is 15.4. The summed E-state index contributed by atoms with van der Waals surface area (Å²) in [5.74, 6) is -0.232. The van der Waals surface area contributed by atoms with Crippen LogP contribution < -0.4 is 5.32 Å². The lowest BCUT2D eigenvalue weighted by molar-refractivity contribution is 0.182. The minimum atomic E-state index is -0.232. The minimum Gasteiger partial charge on any atom is -0.383 e. The molecule has 1 heterocycles. The van der Waals surface area contributed by atoms with Gasteiger partial charge in [0.25, 0.3) is 0 Å². The summed E-state index contributed by atoms with van der Waals surface area (Å²) >= 11 is 5.70. The number of aromatic nitrogens is 2. The van der Waals surface area contributed by atoms with Gasteiger partial charge < -0.3 is 10.1 Å². The van der Waals surface area contributed by atoms with Crippen molar-refractivity contribution >= 4 is 38.5 Å². The van der Waals surface area contributed by atoms with Gasteiger partial charge in [-0.3, -0.25) is 4.68 Å². The maximum Gasteiger partial charge on any atom is 0.124 e. The molecule has 0 fully saturated rings. The highest BCUT2D eigenvalue weighted by molar-refractivity contribution is 14.1. The molecule has 1 unspecified atom stereocenters. The van der Waals surface area contributed by atoms with Crippen molar-refractivity contribution in [1.82, 2.24) is 15.1 Å². The summed E-state index contributed by atoms with van der Waals surface area (Å²) in [6, 6.07) is 4.74. The zero-order valence-corrected chi connectivity index (χ0v) is 15.5. The maximum atomic E-state index is 13.3. The molecule has 0 amide bonds. The van der Waals surface area contributed by atoms with Crippen LogP contribution in [0.15, 0.2) is 28.9 Å². The molecule has 1 N–H and O–H groups in total. The molecule has 21 heavy (non-hydrogen) atoms. The third-order valence-corrected chi connectivity index (χ3v) is 4.72. The molecular weight excluding hydrogens is 452 g/mol. The zero-order valence-electron chi connectivity index (χ0n) is 11.7. The lowest BCUT2D eigenvalue weighted by atomic mass is 10.0. The average Bonchev–Trinajstić information content (AvgIpc) is 2.81. The number of hydrogen-bond donors (Lipinski definition) is 1. The van der Waals surface area contributed by atoms with Crippen molar-refractivity contribution in [3.8, 4) is 0 Å². The fraction of sp³-hybridized carbons (Fsp3) is 0.357. The van der Waals surface area contributed by atoms with E-state index in [1.54, 1.807) is 19.4 Å². The number of nitrogens with zero attached hydrogens (tertiary/aromatic N) is 2. The van der Waals surface area contributed by atoms with Gasteiger partial charge in [0.15, 0.2) is 0 Å². The second-order valence-electron chi connectivity index (χ2n) is 4.48. The summed E-state index contributed by atoms with van der Waals surface area (Å²) < 4.78 is 22.1. The van der Waals surface area contributed by atoms with Crippen LogP contribution >= 0.6 is 38.5 Å². The van der Waals surface area contributed by atoms with Gasteiger partial charge in [-0.25, -0.2) is 4.39 Å². The number of nitrogens with one attached hydrogen (secondary N) is 1. The Kier molecular flexibility index (Phi) is 6.15. The van der Waals surface area contributed by atoms with E-state index in [0.29, 0.717) is 13.2 Å². The Morgan fingerprint density at radius 2 is 2.29 bits per heavy atom. The number of benzene rings is 1. The lowest BCUT2D eigenvalue weighted by Gasteiger charge is -2.20. The summed E-state index contributed by atoms with van der Waals surface area (Å²) in [4.78, 5) is 0. The Bertz CT molecular complexity index is 620. The summed E-state index contributed by atoms with van der Waals surface area (Å²) in [5, 5.41) is 7.65. The first-order chi connectivity index (χ1) is 10.1. The molecule has 0 radical (unpaired) electrons. The summed E-state index contributed by atoms with van der Waals surface area (Å²) in [6.45, 7) is 1.24. The molecule has 4 nitrogen and oxygen atoms in total. The summed E-state index contributed by atoms with van der Waals surface area (Å²) in [5.41, 5.74) is 2.01. The van der Waals surface area contributed by atoms with Gasteiger partial charge in [0.05, 0.1) is 35.6 Å². The number of ether oxygens (including phenoxy) is 1. The first-order valence-corrected chi connectivity index (χ1v) is 8.28. The van der Waals surface area contributed by atoms with E-state index in [0.717, 1.165) is 19.3 Å². The molecule has 114 valence electrons. The number of halogens is 3. The highest BCUT2D eigenvalue weighted by Gasteiger charge is 2.22. The van der Waals surface area contributed by atoms with Gasteiger partial charge >= 0.3 is 0 Å². The fourth-order valence-corrected chi connectivity index (χ4v) is 3.50. The maximum absolute atomic E-state index is 13.3. The van der Waals surface area contributed by atoms with Gasteiger partial charge in [0, 0.05) is 10.7 Å². The van der Waals surface area contributed by atoms with E-state index >= 15 is 0 Å². The monoisotopic (exact) mass is 467 g/mol. The molecule has 2 aromatic rings. The van der Waals surface area contributed by atoms with E-state index in [4.69, 9.17) is 4.74 Å². The van der Waals surface area contributed by atoms with E-state index in [1.165, 1.54) is 12.1 Å². The van der Waals surface area contributed by atoms with Crippen LogP contribution in [0.1, 0.15) is 17.3 Å². The summed E-state index contributed by atoms with van der Waals surface area (Å²) in [6.07, 6.45) is 1.77. The molecule has 0 spiro atoms. The van der Waals surface area contributed by atoms with Gasteiger partial charge in [-0.2, -0.15) is 5.10 Å². The molecule has 0 aliphatic rings. The molecule has 1 aromatic heterocycles. The van der Waals surface area contributed by atoms with Crippen molar-refractivity contribution in [2.24, 2.45) is 0 Å². The molecule has 2 rings (SSSR count). The van der Waals surface area contributed by atoms with Crippen LogP contribution in [0.2, 0.25) is 0 Å². The quantitative estimate of drug-likeness (QED) is 0.662. The molecule has 7 heteroatoms. The fourth-order valence-electron chi connectivity index (χ4n) is 2.19. The second-order valence-corrected chi connectivity index (χ2v) is 6.50. The molecule has 0 aliphatic carbocycles. The predicted molar refractivity (Wildman–Crippen MR) is 91.8 cm³/mol. The molecule has 1 aromatic carbocycles. The molecule has 0 saturated carbocycles. The third-order valence-electron chi connectivity index (χ3n) is 3.18. The molecule has 0 aliphatic heterocycles. The van der Waals surface area contributed by atoms with Crippen LogP contribution in [-0.2, 0) is 11.3 Å². The Labute approximate surface area is 145 Å². The summed E-state index contributed by atoms with van der Waals surface area (Å²) in [7, 11) is 3.54. The van der Waals surface area contributed by atoms with E-state index in [2.05, 4.69) is 48.9 Å². The molecule has 0 saturated heterocycles. The molecular formula is C14H16BrFIN3O. The predicted octanol–water partition coefficient (Wildman–Crippen LogP) is 3.34. The number of hydrogen-bond acceptors (Lipinski definition) is 3. The highest BCUT2D eigenvalue weighted by atomic mass is 127. The first kappa shape index (κ1) is 16.9. The van der Waals surface area contributed by atoms with Gasteiger partial charge in [-0.15, -0.1) is 0 Å². The van der Waals surface area contributed by atoms with E-state index in [9.17, 15) is 4.39 Å². The highest BCUT2D eigenvalue weighted by Crippen LogP contribution is 2.31. The minimum absolute atomic E-state index is 0.0776. The van der Waals surface area contributed by atoms with Crippen LogP contribution in [0.4, 0.5) is 4.39 Å². The van der Waals surface area contributed by atoms with Crippen molar-refractivity contribution in [3.63, 3.8) is 0 Å². The van der Waals surface area contributed by atoms with Crippen molar-refractivity contribution < 1.29 is 9.13 Å². The largest absolute Gasteiger partial charge is 0.383 e. The average molecular weight is 468 g/mol. The van der Waals surface area contributed by atoms with Crippen molar-refractivity contribution in [2.75, 3.05) is 20.8 Å².